The molecule has 0 saturated carbocycles. The van der Waals surface area contributed by atoms with Gasteiger partial charge < -0.3 is 15.4 Å². The first-order valence-corrected chi connectivity index (χ1v) is 9.35. The van der Waals surface area contributed by atoms with E-state index < -0.39 is 0 Å². The third kappa shape index (κ3) is 4.09. The molecule has 1 aliphatic rings. The predicted molar refractivity (Wildman–Crippen MR) is 105 cm³/mol. The highest BCUT2D eigenvalue weighted by atomic mass is 35.5. The maximum absolute atomic E-state index is 11.7. The van der Waals surface area contributed by atoms with Crippen molar-refractivity contribution in [1.29, 1.82) is 0 Å². The number of anilines is 1. The monoisotopic (exact) mass is 376 g/mol. The Hall–Kier alpha value is -1.89. The van der Waals surface area contributed by atoms with Crippen LogP contribution in [0.4, 0.5) is 5.82 Å². The van der Waals surface area contributed by atoms with Crippen molar-refractivity contribution in [3.05, 3.63) is 34.9 Å². The van der Waals surface area contributed by atoms with Gasteiger partial charge in [-0.15, -0.1) is 0 Å². The molecule has 0 aliphatic carbocycles. The van der Waals surface area contributed by atoms with Crippen LogP contribution in [-0.4, -0.2) is 55.2 Å². The molecule has 0 radical (unpaired) electrons. The average molecular weight is 377 g/mol. The second-order valence-corrected chi connectivity index (χ2v) is 6.98. The molecule has 7 heteroatoms. The molecule has 26 heavy (non-hydrogen) atoms. The maximum Gasteiger partial charge on any atom is 0.320 e. The van der Waals surface area contributed by atoms with Gasteiger partial charge in [0.1, 0.15) is 5.82 Å². The lowest BCUT2D eigenvalue weighted by atomic mass is 10.1. The normalized spacial score (nSPS) is 16.7. The summed E-state index contributed by atoms with van der Waals surface area (Å²) in [4.78, 5) is 20.8. The highest BCUT2D eigenvalue weighted by Gasteiger charge is 2.23. The van der Waals surface area contributed by atoms with Crippen LogP contribution in [0.1, 0.15) is 25.5 Å². The summed E-state index contributed by atoms with van der Waals surface area (Å²) in [6.07, 6.45) is 0. The van der Waals surface area contributed by atoms with Crippen molar-refractivity contribution >= 4 is 34.3 Å². The molecule has 3 rings (SSSR count). The fourth-order valence-corrected chi connectivity index (χ4v) is 3.49. The number of piperazine rings is 1. The van der Waals surface area contributed by atoms with E-state index >= 15 is 0 Å². The Kier molecular flexibility index (Phi) is 5.96. The summed E-state index contributed by atoms with van der Waals surface area (Å²) in [5, 5.41) is 1.63. The summed E-state index contributed by atoms with van der Waals surface area (Å²) in [7, 11) is 0. The second kappa shape index (κ2) is 8.20. The topological polar surface area (TPSA) is 71.7 Å². The number of ether oxygens (including phenoxy) is 1. The summed E-state index contributed by atoms with van der Waals surface area (Å²) >= 11 is 6.34. The Morgan fingerprint density at radius 2 is 2.08 bits per heavy atom. The number of fused-ring (bicyclic) bond motifs is 1. The third-order valence-electron chi connectivity index (χ3n) is 4.63. The number of para-hydroxylation sites is 1. The van der Waals surface area contributed by atoms with E-state index in [-0.39, 0.29) is 12.0 Å². The molecule has 0 amide bonds. The molecule has 1 atom stereocenters. The minimum Gasteiger partial charge on any atom is -0.465 e. The van der Waals surface area contributed by atoms with E-state index in [0.717, 1.165) is 48.5 Å². The van der Waals surface area contributed by atoms with Crippen molar-refractivity contribution in [3.63, 3.8) is 0 Å². The predicted octanol–water partition coefficient (Wildman–Crippen LogP) is 2.59. The highest BCUT2D eigenvalue weighted by molar-refractivity contribution is 6.35. The van der Waals surface area contributed by atoms with Gasteiger partial charge in [-0.3, -0.25) is 9.69 Å². The fraction of sp³-hybridized carbons (Fsp3) is 0.474. The number of benzene rings is 1. The Morgan fingerprint density at radius 3 is 2.73 bits per heavy atom. The van der Waals surface area contributed by atoms with Gasteiger partial charge in [-0.25, -0.2) is 4.98 Å². The van der Waals surface area contributed by atoms with E-state index in [2.05, 4.69) is 15.9 Å². The number of halogens is 1. The molecule has 2 heterocycles. The number of nitrogens with zero attached hydrogens (tertiary/aromatic N) is 3. The zero-order valence-electron chi connectivity index (χ0n) is 15.2. The quantitative estimate of drug-likeness (QED) is 0.809. The number of rotatable bonds is 5. The Morgan fingerprint density at radius 1 is 1.35 bits per heavy atom. The maximum atomic E-state index is 11.7. The number of nitrogens with two attached hydrogens (primary N) is 1. The summed E-state index contributed by atoms with van der Waals surface area (Å²) < 4.78 is 5.03. The van der Waals surface area contributed by atoms with Crippen LogP contribution in [-0.2, 0) is 9.53 Å². The fourth-order valence-electron chi connectivity index (χ4n) is 3.26. The van der Waals surface area contributed by atoms with Crippen LogP contribution in [0.5, 0.6) is 0 Å². The van der Waals surface area contributed by atoms with Crippen molar-refractivity contribution in [2.24, 2.45) is 5.73 Å². The molecule has 1 fully saturated rings. The van der Waals surface area contributed by atoms with Gasteiger partial charge in [0.2, 0.25) is 0 Å². The zero-order chi connectivity index (χ0) is 18.7. The van der Waals surface area contributed by atoms with Gasteiger partial charge in [0.15, 0.2) is 0 Å². The van der Waals surface area contributed by atoms with Gasteiger partial charge in [0, 0.05) is 43.2 Å². The molecular weight excluding hydrogens is 352 g/mol. The van der Waals surface area contributed by atoms with Crippen LogP contribution in [0, 0.1) is 0 Å². The molecule has 0 bridgehead atoms. The number of carbonyl (C=O) groups excluding carboxylic acids is 1. The van der Waals surface area contributed by atoms with Gasteiger partial charge in [-0.1, -0.05) is 23.7 Å². The van der Waals surface area contributed by atoms with Crippen LogP contribution in [0.25, 0.3) is 10.9 Å². The number of aromatic nitrogens is 1. The number of hydrogen-bond acceptors (Lipinski definition) is 6. The van der Waals surface area contributed by atoms with E-state index in [1.54, 1.807) is 0 Å². The number of hydrogen-bond donors (Lipinski definition) is 1. The van der Waals surface area contributed by atoms with E-state index in [1.807, 2.05) is 32.0 Å². The first kappa shape index (κ1) is 18.9. The average Bonchev–Trinajstić information content (AvgIpc) is 2.62. The van der Waals surface area contributed by atoms with Gasteiger partial charge >= 0.3 is 5.97 Å². The SMILES string of the molecule is CCOC(=O)CN1CCN(c2nc3c(Cl)cccc3cc2[C@H](C)N)CC1. The minimum atomic E-state index is -0.173. The van der Waals surface area contributed by atoms with E-state index in [9.17, 15) is 4.79 Å². The summed E-state index contributed by atoms with van der Waals surface area (Å²) in [5.41, 5.74) is 8.01. The van der Waals surface area contributed by atoms with Crippen LogP contribution >= 0.6 is 11.6 Å². The molecule has 6 nitrogen and oxygen atoms in total. The van der Waals surface area contributed by atoms with E-state index in [1.165, 1.54) is 0 Å². The zero-order valence-corrected chi connectivity index (χ0v) is 16.0. The standard InChI is InChI=1S/C19H25ClN4O2/c1-3-26-17(25)12-23-7-9-24(10-8-23)19-15(13(2)21)11-14-5-4-6-16(20)18(14)22-19/h4-6,11,13H,3,7-10,12,21H2,1-2H3/t13-/m0/s1. The molecule has 1 aromatic heterocycles. The molecule has 1 aliphatic heterocycles. The summed E-state index contributed by atoms with van der Waals surface area (Å²) in [6, 6.07) is 7.73. The van der Waals surface area contributed by atoms with Crippen molar-refractivity contribution in [2.45, 2.75) is 19.9 Å². The minimum absolute atomic E-state index is 0.126. The molecule has 2 N–H and O–H groups in total. The lowest BCUT2D eigenvalue weighted by Crippen LogP contribution is -2.48. The number of esters is 1. The molecule has 0 unspecified atom stereocenters. The first-order valence-electron chi connectivity index (χ1n) is 8.97. The lowest BCUT2D eigenvalue weighted by Gasteiger charge is -2.36. The Balaban J connectivity index is 1.81. The third-order valence-corrected chi connectivity index (χ3v) is 4.93. The van der Waals surface area contributed by atoms with Gasteiger partial charge in [-0.2, -0.15) is 0 Å². The van der Waals surface area contributed by atoms with Crippen molar-refractivity contribution < 1.29 is 9.53 Å². The molecule has 2 aromatic rings. The number of pyridine rings is 1. The highest BCUT2D eigenvalue weighted by Crippen LogP contribution is 2.31. The van der Waals surface area contributed by atoms with Gasteiger partial charge in [-0.05, 0) is 26.0 Å². The number of carbonyl (C=O) groups is 1. The van der Waals surface area contributed by atoms with Crippen molar-refractivity contribution in [2.75, 3.05) is 44.2 Å². The second-order valence-electron chi connectivity index (χ2n) is 6.57. The molecule has 140 valence electrons. The van der Waals surface area contributed by atoms with Gasteiger partial charge in [0.25, 0.3) is 0 Å². The molecule has 1 saturated heterocycles. The van der Waals surface area contributed by atoms with Crippen LogP contribution < -0.4 is 10.6 Å². The van der Waals surface area contributed by atoms with Crippen LogP contribution in [0.3, 0.4) is 0 Å². The summed E-state index contributed by atoms with van der Waals surface area (Å²) in [5.74, 6) is 0.712. The first-order chi connectivity index (χ1) is 12.5. The van der Waals surface area contributed by atoms with E-state index in [0.29, 0.717) is 18.2 Å². The van der Waals surface area contributed by atoms with Crippen molar-refractivity contribution in [3.8, 4) is 0 Å². The Labute approximate surface area is 158 Å². The lowest BCUT2D eigenvalue weighted by molar-refractivity contribution is -0.144. The van der Waals surface area contributed by atoms with Crippen LogP contribution in [0.2, 0.25) is 5.02 Å². The summed E-state index contributed by atoms with van der Waals surface area (Å²) in [6.45, 7) is 7.65. The van der Waals surface area contributed by atoms with Crippen LogP contribution in [0.15, 0.2) is 24.3 Å². The van der Waals surface area contributed by atoms with Crippen molar-refractivity contribution in [1.82, 2.24) is 9.88 Å². The largest absolute Gasteiger partial charge is 0.465 e. The van der Waals surface area contributed by atoms with E-state index in [4.69, 9.17) is 27.1 Å². The molecule has 1 aromatic carbocycles. The molecular formula is C19H25ClN4O2. The smallest absolute Gasteiger partial charge is 0.320 e. The molecule has 0 spiro atoms. The van der Waals surface area contributed by atoms with Gasteiger partial charge in [0.05, 0.1) is 23.7 Å². The Bertz CT molecular complexity index is 788.